The van der Waals surface area contributed by atoms with Crippen molar-refractivity contribution in [2.75, 3.05) is 13.7 Å². The smallest absolute Gasteiger partial charge is 0.310 e. The number of methoxy groups -OCH3 is 1. The Morgan fingerprint density at radius 3 is 3.17 bits per heavy atom. The highest BCUT2D eigenvalue weighted by Crippen LogP contribution is 2.30. The molecule has 96 valence electrons. The Kier molecular flexibility index (Phi) is 3.82. The van der Waals surface area contributed by atoms with Crippen LogP contribution in [-0.4, -0.2) is 31.1 Å². The molecule has 0 fully saturated rings. The van der Waals surface area contributed by atoms with Gasteiger partial charge in [0, 0.05) is 18.3 Å². The number of hydrogen-bond donors (Lipinski definition) is 2. The number of ether oxygens (including phenoxy) is 1. The van der Waals surface area contributed by atoms with Crippen LogP contribution in [0, 0.1) is 5.92 Å². The fourth-order valence-corrected chi connectivity index (χ4v) is 2.05. The first kappa shape index (κ1) is 12.4. The van der Waals surface area contributed by atoms with Crippen LogP contribution in [0.4, 0.5) is 0 Å². The van der Waals surface area contributed by atoms with Crippen LogP contribution >= 0.6 is 0 Å². The molecule has 0 radical (unpaired) electrons. The Balaban J connectivity index is 2.28. The van der Waals surface area contributed by atoms with E-state index in [1.807, 2.05) is 12.3 Å². The van der Waals surface area contributed by atoms with E-state index in [-0.39, 0.29) is 0 Å². The lowest BCUT2D eigenvalue weighted by atomic mass is 9.90. The number of carbonyl (C=O) groups is 1. The van der Waals surface area contributed by atoms with Crippen molar-refractivity contribution in [3.05, 3.63) is 35.3 Å². The number of carboxylic acid groups (broad SMARTS) is 1. The van der Waals surface area contributed by atoms with E-state index in [0.29, 0.717) is 13.0 Å². The minimum Gasteiger partial charge on any atom is -0.496 e. The van der Waals surface area contributed by atoms with Crippen LogP contribution in [0.15, 0.2) is 40.2 Å². The largest absolute Gasteiger partial charge is 0.496 e. The van der Waals surface area contributed by atoms with E-state index in [0.717, 1.165) is 23.3 Å². The molecule has 2 aliphatic rings. The second kappa shape index (κ2) is 5.53. The second-order valence-electron chi connectivity index (χ2n) is 4.15. The molecule has 2 N–H and O–H groups in total. The first-order chi connectivity index (χ1) is 8.72. The maximum absolute atomic E-state index is 11.1. The van der Waals surface area contributed by atoms with Crippen LogP contribution < -0.4 is 5.32 Å². The summed E-state index contributed by atoms with van der Waals surface area (Å²) in [6.45, 7) is 0.685. The lowest BCUT2D eigenvalue weighted by Crippen LogP contribution is -2.16. The van der Waals surface area contributed by atoms with Gasteiger partial charge in [-0.3, -0.25) is 9.79 Å². The van der Waals surface area contributed by atoms with Crippen LogP contribution in [0.2, 0.25) is 0 Å². The average Bonchev–Trinajstić information content (AvgIpc) is 2.66. The van der Waals surface area contributed by atoms with Gasteiger partial charge in [0.2, 0.25) is 0 Å². The van der Waals surface area contributed by atoms with E-state index in [4.69, 9.17) is 9.84 Å². The topological polar surface area (TPSA) is 70.9 Å². The molecule has 0 aromatic heterocycles. The summed E-state index contributed by atoms with van der Waals surface area (Å²) >= 11 is 0. The minimum atomic E-state index is -0.808. The Labute approximate surface area is 106 Å². The van der Waals surface area contributed by atoms with Crippen LogP contribution in [0.1, 0.15) is 12.8 Å². The molecule has 0 bridgehead atoms. The van der Waals surface area contributed by atoms with Gasteiger partial charge in [0.15, 0.2) is 0 Å². The summed E-state index contributed by atoms with van der Waals surface area (Å²) in [7, 11) is 1.60. The normalized spacial score (nSPS) is 23.2. The number of rotatable bonds is 3. The first-order valence-electron chi connectivity index (χ1n) is 5.85. The molecule has 1 aliphatic heterocycles. The Hall–Kier alpha value is -2.04. The summed E-state index contributed by atoms with van der Waals surface area (Å²) in [5, 5.41) is 12.1. The van der Waals surface area contributed by atoms with Crippen LogP contribution in [0.3, 0.4) is 0 Å². The molecule has 18 heavy (non-hydrogen) atoms. The Morgan fingerprint density at radius 1 is 1.61 bits per heavy atom. The van der Waals surface area contributed by atoms with Gasteiger partial charge in [0.05, 0.1) is 19.4 Å². The number of nitrogens with zero attached hydrogens (tertiary/aromatic N) is 1. The molecule has 0 aromatic rings. The van der Waals surface area contributed by atoms with Crippen LogP contribution in [-0.2, 0) is 9.53 Å². The fourth-order valence-electron chi connectivity index (χ4n) is 2.05. The maximum atomic E-state index is 11.1. The number of aliphatic imine (C=N–C) groups is 1. The van der Waals surface area contributed by atoms with Gasteiger partial charge in [-0.15, -0.1) is 0 Å². The highest BCUT2D eigenvalue weighted by molar-refractivity contribution is 5.74. The predicted molar refractivity (Wildman–Crippen MR) is 68.1 cm³/mol. The molecule has 1 atom stereocenters. The summed E-state index contributed by atoms with van der Waals surface area (Å²) < 4.78 is 5.32. The monoisotopic (exact) mass is 248 g/mol. The first-order valence-corrected chi connectivity index (χ1v) is 5.85. The molecular weight excluding hydrogens is 232 g/mol. The molecule has 1 unspecified atom stereocenters. The number of nitrogens with one attached hydrogen (secondary N) is 1. The van der Waals surface area contributed by atoms with Crippen molar-refractivity contribution in [2.24, 2.45) is 10.9 Å². The van der Waals surface area contributed by atoms with Crippen molar-refractivity contribution in [1.29, 1.82) is 0 Å². The van der Waals surface area contributed by atoms with Crippen molar-refractivity contribution in [2.45, 2.75) is 12.8 Å². The lowest BCUT2D eigenvalue weighted by Gasteiger charge is -2.20. The highest BCUT2D eigenvalue weighted by atomic mass is 16.5. The van der Waals surface area contributed by atoms with Gasteiger partial charge >= 0.3 is 5.97 Å². The Bertz CT molecular complexity index is 461. The van der Waals surface area contributed by atoms with Crippen molar-refractivity contribution in [3.63, 3.8) is 0 Å². The fraction of sp³-hybridized carbons (Fsp3) is 0.385. The third kappa shape index (κ3) is 2.61. The summed E-state index contributed by atoms with van der Waals surface area (Å²) in [5.41, 5.74) is 1.88. The molecule has 1 aliphatic carbocycles. The standard InChI is InChI=1S/C13H16N2O3/c1-18-12-3-2-9(13(16)17)6-11(12)10-4-5-14-8-15-7-10/h3,6-9H,2,4-5H2,1H3,(H,14,15)(H,16,17). The van der Waals surface area contributed by atoms with E-state index in [1.54, 1.807) is 19.5 Å². The minimum absolute atomic E-state index is 0.471. The van der Waals surface area contributed by atoms with Crippen LogP contribution in [0.5, 0.6) is 0 Å². The third-order valence-electron chi connectivity index (χ3n) is 3.01. The van der Waals surface area contributed by atoms with Gasteiger partial charge in [-0.25, -0.2) is 0 Å². The van der Waals surface area contributed by atoms with E-state index in [9.17, 15) is 4.79 Å². The zero-order valence-electron chi connectivity index (χ0n) is 10.2. The zero-order valence-corrected chi connectivity index (χ0v) is 10.2. The summed E-state index contributed by atoms with van der Waals surface area (Å²) in [6, 6.07) is 0. The number of allylic oxidation sites excluding steroid dienone is 2. The molecule has 2 rings (SSSR count). The summed E-state index contributed by atoms with van der Waals surface area (Å²) in [5.74, 6) is -0.552. The molecule has 0 amide bonds. The van der Waals surface area contributed by atoms with Crippen molar-refractivity contribution in [3.8, 4) is 0 Å². The van der Waals surface area contributed by atoms with E-state index >= 15 is 0 Å². The molecule has 0 spiro atoms. The maximum Gasteiger partial charge on any atom is 0.310 e. The molecule has 1 heterocycles. The lowest BCUT2D eigenvalue weighted by molar-refractivity contribution is -0.140. The molecule has 0 saturated carbocycles. The predicted octanol–water partition coefficient (Wildman–Crippen LogP) is 1.45. The molecule has 5 nitrogen and oxygen atoms in total. The summed E-state index contributed by atoms with van der Waals surface area (Å²) in [6.07, 6.45) is 8.32. The SMILES string of the molecule is COC1=CCC(C(=O)O)C=C1C1=CNC=NCC1. The molecule has 5 heteroatoms. The van der Waals surface area contributed by atoms with Crippen molar-refractivity contribution in [1.82, 2.24) is 5.32 Å². The zero-order chi connectivity index (χ0) is 13.0. The molecule has 0 saturated heterocycles. The third-order valence-corrected chi connectivity index (χ3v) is 3.01. The number of carboxylic acids is 1. The van der Waals surface area contributed by atoms with E-state index < -0.39 is 11.9 Å². The van der Waals surface area contributed by atoms with E-state index in [2.05, 4.69) is 10.3 Å². The van der Waals surface area contributed by atoms with Gasteiger partial charge in [0.25, 0.3) is 0 Å². The van der Waals surface area contributed by atoms with E-state index in [1.165, 1.54) is 0 Å². The van der Waals surface area contributed by atoms with Gasteiger partial charge < -0.3 is 15.2 Å². The summed E-state index contributed by atoms with van der Waals surface area (Å²) in [4.78, 5) is 15.2. The van der Waals surface area contributed by atoms with Crippen LogP contribution in [0.25, 0.3) is 0 Å². The Morgan fingerprint density at radius 2 is 2.44 bits per heavy atom. The van der Waals surface area contributed by atoms with Crippen molar-refractivity contribution < 1.29 is 14.6 Å². The van der Waals surface area contributed by atoms with Gasteiger partial charge in [-0.2, -0.15) is 0 Å². The van der Waals surface area contributed by atoms with Crippen molar-refractivity contribution >= 4 is 12.3 Å². The number of hydrogen-bond acceptors (Lipinski definition) is 4. The van der Waals surface area contributed by atoms with Gasteiger partial charge in [0.1, 0.15) is 5.76 Å². The molecular formula is C13H16N2O3. The second-order valence-corrected chi connectivity index (χ2v) is 4.15. The van der Waals surface area contributed by atoms with Gasteiger partial charge in [-0.1, -0.05) is 6.08 Å². The highest BCUT2D eigenvalue weighted by Gasteiger charge is 2.23. The quantitative estimate of drug-likeness (QED) is 0.793. The number of aliphatic carboxylic acids is 1. The molecule has 0 aromatic carbocycles. The average molecular weight is 248 g/mol. The van der Waals surface area contributed by atoms with Gasteiger partial charge in [-0.05, 0) is 24.5 Å².